The number of nitrogens with zero attached hydrogens (tertiary/aromatic N) is 1. The number of anilines is 1. The fourth-order valence-electron chi connectivity index (χ4n) is 3.71. The van der Waals surface area contributed by atoms with Gasteiger partial charge < -0.3 is 10.2 Å². The number of hydrogen-bond acceptors (Lipinski definition) is 2. The molecule has 1 saturated heterocycles. The molecule has 24 heavy (non-hydrogen) atoms. The highest BCUT2D eigenvalue weighted by Gasteiger charge is 2.32. The predicted molar refractivity (Wildman–Crippen MR) is 98.8 cm³/mol. The maximum absolute atomic E-state index is 12.5. The van der Waals surface area contributed by atoms with Crippen LogP contribution in [0.1, 0.15) is 44.1 Å². The van der Waals surface area contributed by atoms with E-state index in [1.807, 2.05) is 30.0 Å². The molecule has 1 heterocycles. The Morgan fingerprint density at radius 1 is 1.08 bits per heavy atom. The number of nitrogens with one attached hydrogen (secondary N) is 1. The Labute approximate surface area is 152 Å². The van der Waals surface area contributed by atoms with Gasteiger partial charge in [-0.2, -0.15) is 0 Å². The second kappa shape index (κ2) is 7.68. The summed E-state index contributed by atoms with van der Waals surface area (Å²) >= 11 is 3.49. The maximum atomic E-state index is 12.5. The van der Waals surface area contributed by atoms with Gasteiger partial charge in [0.25, 0.3) is 0 Å². The first kappa shape index (κ1) is 17.5. The number of aryl methyl sites for hydroxylation is 1. The summed E-state index contributed by atoms with van der Waals surface area (Å²) in [6.07, 6.45) is 5.56. The molecule has 0 bridgehead atoms. The molecule has 1 N–H and O–H groups in total. The zero-order valence-electron chi connectivity index (χ0n) is 14.2. The monoisotopic (exact) mass is 392 g/mol. The van der Waals surface area contributed by atoms with Crippen LogP contribution in [0.25, 0.3) is 0 Å². The van der Waals surface area contributed by atoms with Crippen LogP contribution < -0.4 is 5.32 Å². The van der Waals surface area contributed by atoms with E-state index in [0.717, 1.165) is 67.3 Å². The summed E-state index contributed by atoms with van der Waals surface area (Å²) in [4.78, 5) is 26.9. The normalized spacial score (nSPS) is 24.0. The van der Waals surface area contributed by atoms with Crippen molar-refractivity contribution in [2.45, 2.75) is 45.4 Å². The first-order chi connectivity index (χ1) is 11.5. The molecule has 1 aliphatic heterocycles. The predicted octanol–water partition coefficient (Wildman–Crippen LogP) is 4.12. The third-order valence-electron chi connectivity index (χ3n) is 5.30. The van der Waals surface area contributed by atoms with Gasteiger partial charge in [-0.15, -0.1) is 0 Å². The van der Waals surface area contributed by atoms with Crippen LogP contribution in [0, 0.1) is 18.8 Å². The molecule has 2 fully saturated rings. The largest absolute Gasteiger partial charge is 0.342 e. The van der Waals surface area contributed by atoms with Gasteiger partial charge in [0.1, 0.15) is 0 Å². The highest BCUT2D eigenvalue weighted by Crippen LogP contribution is 2.32. The quantitative estimate of drug-likeness (QED) is 0.840. The lowest BCUT2D eigenvalue weighted by Crippen LogP contribution is -2.37. The lowest BCUT2D eigenvalue weighted by molar-refractivity contribution is -0.136. The second-order valence-corrected chi connectivity index (χ2v) is 7.89. The van der Waals surface area contributed by atoms with Crippen molar-refractivity contribution in [2.75, 3.05) is 18.4 Å². The van der Waals surface area contributed by atoms with E-state index in [2.05, 4.69) is 21.2 Å². The van der Waals surface area contributed by atoms with E-state index in [1.165, 1.54) is 0 Å². The van der Waals surface area contributed by atoms with E-state index in [4.69, 9.17) is 0 Å². The summed E-state index contributed by atoms with van der Waals surface area (Å²) in [6.45, 7) is 3.86. The van der Waals surface area contributed by atoms with Gasteiger partial charge in [0, 0.05) is 35.1 Å². The minimum absolute atomic E-state index is 0.0210. The van der Waals surface area contributed by atoms with Crippen molar-refractivity contribution in [3.63, 3.8) is 0 Å². The average Bonchev–Trinajstić information content (AvgIpc) is 3.12. The number of rotatable bonds is 3. The molecule has 4 nitrogen and oxygen atoms in total. The summed E-state index contributed by atoms with van der Waals surface area (Å²) in [6, 6.07) is 5.86. The fourth-order valence-corrected chi connectivity index (χ4v) is 4.09. The van der Waals surface area contributed by atoms with Gasteiger partial charge in [0.2, 0.25) is 11.8 Å². The summed E-state index contributed by atoms with van der Waals surface area (Å²) in [7, 11) is 0. The van der Waals surface area contributed by atoms with Gasteiger partial charge in [-0.1, -0.05) is 22.0 Å². The molecule has 1 aromatic carbocycles. The van der Waals surface area contributed by atoms with Crippen LogP contribution in [-0.4, -0.2) is 29.8 Å². The topological polar surface area (TPSA) is 49.4 Å². The van der Waals surface area contributed by atoms with E-state index < -0.39 is 0 Å². The molecule has 0 aromatic heterocycles. The van der Waals surface area contributed by atoms with Crippen LogP contribution in [0.2, 0.25) is 0 Å². The molecule has 1 saturated carbocycles. The maximum Gasteiger partial charge on any atom is 0.227 e. The van der Waals surface area contributed by atoms with E-state index in [1.54, 1.807) is 0 Å². The van der Waals surface area contributed by atoms with Crippen molar-refractivity contribution in [1.82, 2.24) is 4.90 Å². The van der Waals surface area contributed by atoms with E-state index in [9.17, 15) is 9.59 Å². The smallest absolute Gasteiger partial charge is 0.227 e. The van der Waals surface area contributed by atoms with Crippen molar-refractivity contribution >= 4 is 33.4 Å². The van der Waals surface area contributed by atoms with Crippen molar-refractivity contribution in [3.05, 3.63) is 28.2 Å². The van der Waals surface area contributed by atoms with Gasteiger partial charge in [0.15, 0.2) is 0 Å². The molecule has 5 heteroatoms. The Kier molecular flexibility index (Phi) is 5.59. The van der Waals surface area contributed by atoms with Crippen LogP contribution in [0.15, 0.2) is 22.7 Å². The highest BCUT2D eigenvalue weighted by atomic mass is 79.9. The zero-order valence-corrected chi connectivity index (χ0v) is 15.8. The molecule has 1 aromatic rings. The van der Waals surface area contributed by atoms with Crippen LogP contribution in [-0.2, 0) is 9.59 Å². The van der Waals surface area contributed by atoms with Crippen LogP contribution in [0.3, 0.4) is 0 Å². The molecule has 0 radical (unpaired) electrons. The number of hydrogen-bond donors (Lipinski definition) is 1. The number of likely N-dealkylation sites (tertiary alicyclic amines) is 1. The first-order valence-corrected chi connectivity index (χ1v) is 9.69. The minimum atomic E-state index is 0.0210. The van der Waals surface area contributed by atoms with E-state index >= 15 is 0 Å². The number of carbonyl (C=O) groups is 2. The number of halogens is 1. The Bertz CT molecular complexity index is 618. The van der Waals surface area contributed by atoms with Crippen LogP contribution in [0.4, 0.5) is 5.69 Å². The van der Waals surface area contributed by atoms with Gasteiger partial charge in [-0.3, -0.25) is 9.59 Å². The third-order valence-corrected chi connectivity index (χ3v) is 6.16. The van der Waals surface area contributed by atoms with Gasteiger partial charge >= 0.3 is 0 Å². The molecule has 0 unspecified atom stereocenters. The second-order valence-electron chi connectivity index (χ2n) is 7.03. The molecule has 1 aliphatic carbocycles. The summed E-state index contributed by atoms with van der Waals surface area (Å²) in [5, 5.41) is 3.01. The van der Waals surface area contributed by atoms with Gasteiger partial charge in [-0.05, 0) is 63.1 Å². The Morgan fingerprint density at radius 3 is 2.33 bits per heavy atom. The average molecular weight is 393 g/mol. The lowest BCUT2D eigenvalue weighted by Gasteiger charge is -2.29. The van der Waals surface area contributed by atoms with Gasteiger partial charge in [-0.25, -0.2) is 0 Å². The Hall–Kier alpha value is -1.36. The molecule has 2 amide bonds. The molecule has 0 spiro atoms. The van der Waals surface area contributed by atoms with Gasteiger partial charge in [0.05, 0.1) is 0 Å². The highest BCUT2D eigenvalue weighted by molar-refractivity contribution is 9.10. The van der Waals surface area contributed by atoms with E-state index in [0.29, 0.717) is 5.91 Å². The Balaban J connectivity index is 1.51. The minimum Gasteiger partial charge on any atom is -0.342 e. The van der Waals surface area contributed by atoms with Crippen molar-refractivity contribution in [1.29, 1.82) is 0 Å². The first-order valence-electron chi connectivity index (χ1n) is 8.90. The zero-order chi connectivity index (χ0) is 17.1. The number of amides is 2. The lowest BCUT2D eigenvalue weighted by atomic mass is 9.81. The van der Waals surface area contributed by atoms with E-state index in [-0.39, 0.29) is 17.7 Å². The molecule has 2 aliphatic rings. The molecule has 0 atom stereocenters. The SMILES string of the molecule is Cc1ccc(NC(=O)C2CCC(C(=O)N3CCCC3)CC2)cc1Br. The van der Waals surface area contributed by atoms with Crippen LogP contribution in [0.5, 0.6) is 0 Å². The summed E-state index contributed by atoms with van der Waals surface area (Å²) in [5.74, 6) is 0.542. The van der Waals surface area contributed by atoms with Crippen molar-refractivity contribution in [3.8, 4) is 0 Å². The summed E-state index contributed by atoms with van der Waals surface area (Å²) < 4.78 is 1.00. The standard InChI is InChI=1S/C19H25BrN2O2/c1-13-4-9-16(12-17(13)20)21-18(23)14-5-7-15(8-6-14)19(24)22-10-2-3-11-22/h4,9,12,14-15H,2-3,5-8,10-11H2,1H3,(H,21,23). The van der Waals surface area contributed by atoms with Crippen LogP contribution >= 0.6 is 15.9 Å². The number of benzene rings is 1. The third kappa shape index (κ3) is 4.00. The molecule has 130 valence electrons. The molecular weight excluding hydrogens is 368 g/mol. The fraction of sp³-hybridized carbons (Fsp3) is 0.579. The molecule has 3 rings (SSSR count). The number of carbonyl (C=O) groups excluding carboxylic acids is 2. The Morgan fingerprint density at radius 2 is 1.71 bits per heavy atom. The summed E-state index contributed by atoms with van der Waals surface area (Å²) in [5.41, 5.74) is 1.97. The van der Waals surface area contributed by atoms with Crippen molar-refractivity contribution < 1.29 is 9.59 Å². The van der Waals surface area contributed by atoms with Crippen molar-refractivity contribution in [2.24, 2.45) is 11.8 Å². The molecular formula is C19H25BrN2O2.